The van der Waals surface area contributed by atoms with Crippen LogP contribution in [0.1, 0.15) is 103 Å². The van der Waals surface area contributed by atoms with Gasteiger partial charge >= 0.3 is 191 Å². The average Bonchev–Trinajstić information content (AvgIpc) is 2.98. The number of rotatable bonds is 21. The van der Waals surface area contributed by atoms with Gasteiger partial charge in [-0.15, -0.1) is 0 Å². The van der Waals surface area contributed by atoms with Crippen molar-refractivity contribution >= 4 is 23.2 Å². The molecular formula is C36H53O2P. The van der Waals surface area contributed by atoms with Gasteiger partial charge in [-0.1, -0.05) is 19.3 Å². The van der Waals surface area contributed by atoms with Gasteiger partial charge in [0.2, 0.25) is 0 Å². The van der Waals surface area contributed by atoms with Crippen molar-refractivity contribution in [1.82, 2.24) is 0 Å². The van der Waals surface area contributed by atoms with Crippen molar-refractivity contribution in [3.05, 3.63) is 91.0 Å². The monoisotopic (exact) mass is 548 g/mol. The van der Waals surface area contributed by atoms with Crippen LogP contribution in [0.25, 0.3) is 0 Å². The van der Waals surface area contributed by atoms with E-state index in [0.29, 0.717) is 6.42 Å². The fourth-order valence-corrected chi connectivity index (χ4v) is 11.0. The van der Waals surface area contributed by atoms with Crippen LogP contribution in [0.4, 0.5) is 0 Å². The maximum absolute atomic E-state index is 8.87. The van der Waals surface area contributed by atoms with Crippen molar-refractivity contribution in [3.63, 3.8) is 0 Å². The summed E-state index contributed by atoms with van der Waals surface area (Å²) in [6.45, 7) is 0. The Morgan fingerprint density at radius 1 is 0.385 bits per heavy atom. The molecule has 0 fully saturated rings. The Morgan fingerprint density at radius 3 is 0.974 bits per heavy atom. The molecule has 2 N–H and O–H groups in total. The molecule has 0 saturated heterocycles. The molecule has 0 saturated carbocycles. The normalized spacial score (nSPS) is 12.2. The Hall–Kier alpha value is -1.99. The summed E-state index contributed by atoms with van der Waals surface area (Å²) in [6, 6.07) is 34.0. The molecule has 0 radical (unpaired) electrons. The fourth-order valence-electron chi connectivity index (χ4n) is 6.12. The molecule has 0 heterocycles. The van der Waals surface area contributed by atoms with Gasteiger partial charge in [-0.2, -0.15) is 0 Å². The van der Waals surface area contributed by atoms with E-state index in [1.54, 1.807) is 0 Å². The van der Waals surface area contributed by atoms with Gasteiger partial charge in [0.1, 0.15) is 0 Å². The van der Waals surface area contributed by atoms with Gasteiger partial charge in [0.15, 0.2) is 6.29 Å². The second-order valence-electron chi connectivity index (χ2n) is 11.3. The van der Waals surface area contributed by atoms with Gasteiger partial charge < -0.3 is 10.2 Å². The van der Waals surface area contributed by atoms with Crippen LogP contribution in [-0.2, 0) is 0 Å². The molecule has 0 atom stereocenters. The predicted octanol–water partition coefficient (Wildman–Crippen LogP) is 8.27. The number of hydrogen-bond donors (Lipinski definition) is 2. The Labute approximate surface area is 239 Å². The predicted molar refractivity (Wildman–Crippen MR) is 174 cm³/mol. The van der Waals surface area contributed by atoms with E-state index in [4.69, 9.17) is 10.2 Å². The zero-order valence-corrected chi connectivity index (χ0v) is 25.2. The molecule has 0 spiro atoms. The summed E-state index contributed by atoms with van der Waals surface area (Å²) < 4.78 is 0. The maximum atomic E-state index is 8.87. The minimum atomic E-state index is -2.06. The number of benzene rings is 3. The van der Waals surface area contributed by atoms with E-state index in [1.165, 1.54) is 106 Å². The van der Waals surface area contributed by atoms with E-state index in [9.17, 15) is 0 Å². The summed E-state index contributed by atoms with van der Waals surface area (Å²) in [6.07, 6.45) is 20.3. The van der Waals surface area contributed by atoms with Gasteiger partial charge in [0, 0.05) is 0 Å². The van der Waals surface area contributed by atoms with E-state index in [2.05, 4.69) is 91.0 Å². The molecular weight excluding hydrogens is 495 g/mol. The molecule has 3 aromatic carbocycles. The number of hydrogen-bond acceptors (Lipinski definition) is 2. The van der Waals surface area contributed by atoms with Crippen LogP contribution in [0.15, 0.2) is 91.0 Å². The second kappa shape index (κ2) is 19.1. The first-order chi connectivity index (χ1) is 19.2. The molecule has 0 aliphatic carbocycles. The van der Waals surface area contributed by atoms with Crippen LogP contribution in [0.3, 0.4) is 0 Å². The van der Waals surface area contributed by atoms with Crippen LogP contribution >= 0.6 is 7.26 Å². The summed E-state index contributed by atoms with van der Waals surface area (Å²) in [5, 5.41) is 22.3. The van der Waals surface area contributed by atoms with Gasteiger partial charge in [0.25, 0.3) is 0 Å². The van der Waals surface area contributed by atoms with E-state index in [0.717, 1.165) is 12.8 Å². The number of unbranched alkanes of at least 4 members (excludes halogenated alkanes) is 14. The van der Waals surface area contributed by atoms with Crippen molar-refractivity contribution in [2.45, 2.75) is 109 Å². The minimum absolute atomic E-state index is 0.525. The quantitative estimate of drug-likeness (QED) is 0.0799. The standard InChI is InChI=1S/C36H53O2P/c37-36(38)31-23-12-10-8-6-4-2-1-3-5-7-9-11-13-24-32-39(33-25-17-14-18-26-33,34-27-19-15-20-28-34)35-29-21-16-22-30-35/h14-22,25-30,36-39H,1-13,23-24,31-32H2. The third-order valence-corrected chi connectivity index (χ3v) is 13.4. The summed E-state index contributed by atoms with van der Waals surface area (Å²) >= 11 is 0. The summed E-state index contributed by atoms with van der Waals surface area (Å²) in [5.74, 6) is 0. The van der Waals surface area contributed by atoms with Crippen LogP contribution in [0.2, 0.25) is 0 Å². The molecule has 3 aromatic rings. The van der Waals surface area contributed by atoms with Crippen molar-refractivity contribution < 1.29 is 10.2 Å². The van der Waals surface area contributed by atoms with E-state index in [1.807, 2.05) is 0 Å². The molecule has 2 nitrogen and oxygen atoms in total. The Morgan fingerprint density at radius 2 is 0.667 bits per heavy atom. The SMILES string of the molecule is OC(O)CCCCCCCCCCCCCCCCC[PH](c1ccccc1)(c1ccccc1)c1ccccc1. The van der Waals surface area contributed by atoms with E-state index >= 15 is 0 Å². The molecule has 0 bridgehead atoms. The molecule has 39 heavy (non-hydrogen) atoms. The van der Waals surface area contributed by atoms with Crippen molar-refractivity contribution in [1.29, 1.82) is 0 Å². The van der Waals surface area contributed by atoms with E-state index in [-0.39, 0.29) is 0 Å². The molecule has 0 aromatic heterocycles. The molecule has 214 valence electrons. The van der Waals surface area contributed by atoms with Crippen molar-refractivity contribution in [2.24, 2.45) is 0 Å². The van der Waals surface area contributed by atoms with Crippen LogP contribution in [-0.4, -0.2) is 22.7 Å². The second-order valence-corrected chi connectivity index (χ2v) is 15.4. The van der Waals surface area contributed by atoms with Crippen molar-refractivity contribution in [3.8, 4) is 0 Å². The van der Waals surface area contributed by atoms with Crippen molar-refractivity contribution in [2.75, 3.05) is 6.16 Å². The van der Waals surface area contributed by atoms with Crippen LogP contribution in [0, 0.1) is 0 Å². The summed E-state index contributed by atoms with van der Waals surface area (Å²) in [5.41, 5.74) is 0. The molecule has 0 amide bonds. The average molecular weight is 549 g/mol. The third kappa shape index (κ3) is 11.2. The summed E-state index contributed by atoms with van der Waals surface area (Å²) in [7, 11) is -2.06. The van der Waals surface area contributed by atoms with Gasteiger partial charge in [0.05, 0.1) is 0 Å². The molecule has 0 aliphatic heterocycles. The number of aliphatic hydroxyl groups is 2. The van der Waals surface area contributed by atoms with Gasteiger partial charge in [-0.05, 0) is 12.8 Å². The Kier molecular flexibility index (Phi) is 15.5. The first-order valence-corrected chi connectivity index (χ1v) is 18.0. The molecule has 3 rings (SSSR count). The topological polar surface area (TPSA) is 40.5 Å². The first kappa shape index (κ1) is 31.5. The number of aliphatic hydroxyl groups excluding tert-OH is 1. The zero-order chi connectivity index (χ0) is 27.4. The molecule has 0 unspecified atom stereocenters. The summed E-state index contributed by atoms with van der Waals surface area (Å²) in [4.78, 5) is 0. The van der Waals surface area contributed by atoms with Gasteiger partial charge in [-0.25, -0.2) is 0 Å². The van der Waals surface area contributed by atoms with Crippen LogP contribution < -0.4 is 15.9 Å². The molecule has 3 heteroatoms. The Bertz CT molecular complexity index is 878. The fraction of sp³-hybridized carbons (Fsp3) is 0.500. The Balaban J connectivity index is 1.35. The third-order valence-electron chi connectivity index (χ3n) is 8.31. The van der Waals surface area contributed by atoms with E-state index < -0.39 is 13.6 Å². The zero-order valence-electron chi connectivity index (χ0n) is 24.2. The van der Waals surface area contributed by atoms with Crippen LogP contribution in [0.5, 0.6) is 0 Å². The first-order valence-electron chi connectivity index (χ1n) is 15.8. The molecule has 0 aliphatic rings. The van der Waals surface area contributed by atoms with Gasteiger partial charge in [-0.3, -0.25) is 0 Å².